The fourth-order valence-corrected chi connectivity index (χ4v) is 4.77. The Hall–Kier alpha value is -2.03. The molecule has 0 radical (unpaired) electrons. The number of phenolic OH excluding ortho intramolecular Hbond substituents is 1. The van der Waals surface area contributed by atoms with Crippen molar-refractivity contribution in [3.8, 4) is 28.7 Å². The minimum Gasteiger partial charge on any atom is -0.505 e. The van der Waals surface area contributed by atoms with Gasteiger partial charge in [0.2, 0.25) is 5.75 Å². The molecule has 36 heavy (non-hydrogen) atoms. The molecule has 0 bridgehead atoms. The number of hydrogen-bond acceptors (Lipinski definition) is 6. The van der Waals surface area contributed by atoms with Crippen LogP contribution in [0.2, 0.25) is 10.0 Å². The van der Waals surface area contributed by atoms with E-state index in [0.29, 0.717) is 29.5 Å². The molecule has 2 N–H and O–H groups in total. The first-order valence-corrected chi connectivity index (χ1v) is 14.2. The van der Waals surface area contributed by atoms with Crippen molar-refractivity contribution in [2.45, 2.75) is 71.1 Å². The third-order valence-corrected chi connectivity index (χ3v) is 6.87. The minimum absolute atomic E-state index is 0.0149. The molecule has 7 nitrogen and oxygen atoms in total. The summed E-state index contributed by atoms with van der Waals surface area (Å²) in [7, 11) is 2.95. The molecule has 10 heteroatoms. The van der Waals surface area contributed by atoms with Crippen molar-refractivity contribution in [1.29, 1.82) is 0 Å². The van der Waals surface area contributed by atoms with Gasteiger partial charge in [0.1, 0.15) is 5.75 Å². The molecule has 1 atom stereocenters. The highest BCUT2D eigenvalue weighted by Crippen LogP contribution is 2.42. The highest BCUT2D eigenvalue weighted by atomic mass is 35.5. The molecule has 0 aromatic heterocycles. The third-order valence-electron chi connectivity index (χ3n) is 5.58. The first-order chi connectivity index (χ1) is 17.4. The van der Waals surface area contributed by atoms with E-state index in [9.17, 15) is 9.32 Å². The predicted molar refractivity (Wildman–Crippen MR) is 147 cm³/mol. The second-order valence-corrected chi connectivity index (χ2v) is 10.1. The monoisotopic (exact) mass is 561 g/mol. The molecule has 2 aromatic rings. The van der Waals surface area contributed by atoms with Gasteiger partial charge >= 0.3 is 11.3 Å². The smallest absolute Gasteiger partial charge is 0.316 e. The zero-order valence-corrected chi connectivity index (χ0v) is 23.6. The second-order valence-electron chi connectivity index (χ2n) is 8.40. The van der Waals surface area contributed by atoms with Gasteiger partial charge in [0.25, 0.3) is 0 Å². The van der Waals surface area contributed by atoms with Crippen LogP contribution in [0.15, 0.2) is 24.3 Å². The van der Waals surface area contributed by atoms with Crippen LogP contribution in [-0.4, -0.2) is 30.1 Å². The number of nitrogens with one attached hydrogen (secondary N) is 1. The summed E-state index contributed by atoms with van der Waals surface area (Å²) >= 11 is 9.79. The van der Waals surface area contributed by atoms with E-state index < -0.39 is 11.3 Å². The predicted octanol–water partition coefficient (Wildman–Crippen LogP) is 8.09. The molecular weight excluding hydrogens is 525 g/mol. The number of phenols is 1. The van der Waals surface area contributed by atoms with Crippen molar-refractivity contribution < 1.29 is 27.7 Å². The summed E-state index contributed by atoms with van der Waals surface area (Å²) in [6.07, 6.45) is 12.6. The first-order valence-electron chi connectivity index (χ1n) is 12.3. The van der Waals surface area contributed by atoms with E-state index in [-0.39, 0.29) is 21.5 Å². The standard InChI is InChI=1S/C26H37Cl2NO6S/c1-4-5-6-7-8-9-10-11-12-13-14-34-20-17-23(32-2)26(24(18-20)33-3)35-36(31)29-19-15-21(27)25(30)22(28)16-19/h15-18,29-30H,4-14H2,1-3H3. The Morgan fingerprint density at radius 2 is 1.33 bits per heavy atom. The molecule has 0 aliphatic carbocycles. The molecule has 202 valence electrons. The Balaban J connectivity index is 1.86. The van der Waals surface area contributed by atoms with Gasteiger partial charge in [-0.2, -0.15) is 4.21 Å². The number of ether oxygens (including phenoxy) is 3. The fourth-order valence-electron chi connectivity index (χ4n) is 3.62. The lowest BCUT2D eigenvalue weighted by Crippen LogP contribution is -2.12. The molecule has 2 rings (SSSR count). The number of hydrogen-bond donors (Lipinski definition) is 2. The van der Waals surface area contributed by atoms with Gasteiger partial charge in [-0.3, -0.25) is 4.72 Å². The quantitative estimate of drug-likeness (QED) is 0.141. The SMILES string of the molecule is CCCCCCCCCCCCOc1cc(OC)c(OS(=O)Nc2cc(Cl)c(O)c(Cl)c2)c(OC)c1. The number of rotatable bonds is 18. The Morgan fingerprint density at radius 3 is 1.83 bits per heavy atom. The average molecular weight is 563 g/mol. The number of methoxy groups -OCH3 is 2. The zero-order valence-electron chi connectivity index (χ0n) is 21.2. The van der Waals surface area contributed by atoms with Crippen molar-refractivity contribution >= 4 is 40.2 Å². The van der Waals surface area contributed by atoms with Gasteiger partial charge in [-0.25, -0.2) is 0 Å². The van der Waals surface area contributed by atoms with Crippen LogP contribution < -0.4 is 23.1 Å². The third kappa shape index (κ3) is 10.1. The van der Waals surface area contributed by atoms with E-state index in [4.69, 9.17) is 41.6 Å². The van der Waals surface area contributed by atoms with Crippen LogP contribution in [0.3, 0.4) is 0 Å². The summed E-state index contributed by atoms with van der Waals surface area (Å²) in [5, 5.41) is 9.71. The van der Waals surface area contributed by atoms with E-state index in [1.54, 1.807) is 12.1 Å². The lowest BCUT2D eigenvalue weighted by molar-refractivity contribution is 0.297. The van der Waals surface area contributed by atoms with Crippen LogP contribution in [0.5, 0.6) is 28.7 Å². The molecule has 0 amide bonds. The summed E-state index contributed by atoms with van der Waals surface area (Å²) in [6.45, 7) is 2.82. The molecule has 1 unspecified atom stereocenters. The van der Waals surface area contributed by atoms with E-state index in [1.165, 1.54) is 77.7 Å². The van der Waals surface area contributed by atoms with Crippen LogP contribution in [0, 0.1) is 0 Å². The highest BCUT2D eigenvalue weighted by molar-refractivity contribution is 7.82. The van der Waals surface area contributed by atoms with Crippen LogP contribution in [0.4, 0.5) is 5.69 Å². The van der Waals surface area contributed by atoms with E-state index in [1.807, 2.05) is 0 Å². The lowest BCUT2D eigenvalue weighted by Gasteiger charge is -2.16. The Labute approximate surface area is 227 Å². The molecule has 0 fully saturated rings. The van der Waals surface area contributed by atoms with Crippen molar-refractivity contribution in [1.82, 2.24) is 0 Å². The van der Waals surface area contributed by atoms with Crippen LogP contribution in [0.1, 0.15) is 71.1 Å². The van der Waals surface area contributed by atoms with Gasteiger partial charge in [0, 0.05) is 12.1 Å². The van der Waals surface area contributed by atoms with Crippen LogP contribution in [0.25, 0.3) is 0 Å². The fraction of sp³-hybridized carbons (Fsp3) is 0.538. The van der Waals surface area contributed by atoms with Crippen LogP contribution in [-0.2, 0) is 11.3 Å². The van der Waals surface area contributed by atoms with E-state index >= 15 is 0 Å². The van der Waals surface area contributed by atoms with Crippen LogP contribution >= 0.6 is 23.2 Å². The second kappa shape index (κ2) is 16.7. The Kier molecular flexibility index (Phi) is 14.0. The molecule has 0 spiro atoms. The van der Waals surface area contributed by atoms with Gasteiger partial charge in [0.05, 0.1) is 36.6 Å². The highest BCUT2D eigenvalue weighted by Gasteiger charge is 2.19. The van der Waals surface area contributed by atoms with Gasteiger partial charge in [-0.05, 0) is 18.6 Å². The minimum atomic E-state index is -2.04. The van der Waals surface area contributed by atoms with Gasteiger partial charge in [-0.1, -0.05) is 87.9 Å². The summed E-state index contributed by atoms with van der Waals surface area (Å²) in [5.41, 5.74) is 0.301. The largest absolute Gasteiger partial charge is 0.505 e. The maximum Gasteiger partial charge on any atom is 0.316 e. The number of benzene rings is 2. The van der Waals surface area contributed by atoms with Crippen molar-refractivity contribution in [3.63, 3.8) is 0 Å². The molecule has 0 saturated heterocycles. The molecule has 0 saturated carbocycles. The Morgan fingerprint density at radius 1 is 0.833 bits per heavy atom. The maximum absolute atomic E-state index is 12.6. The summed E-state index contributed by atoms with van der Waals surface area (Å²) in [5.74, 6) is 1.08. The van der Waals surface area contributed by atoms with Crippen molar-refractivity contribution in [3.05, 3.63) is 34.3 Å². The van der Waals surface area contributed by atoms with E-state index in [0.717, 1.165) is 12.8 Å². The number of anilines is 1. The molecule has 0 aliphatic rings. The summed E-state index contributed by atoms with van der Waals surface area (Å²) in [6, 6.07) is 6.09. The number of halogens is 2. The number of unbranched alkanes of at least 4 members (excludes halogenated alkanes) is 9. The van der Waals surface area contributed by atoms with Crippen molar-refractivity contribution in [2.24, 2.45) is 0 Å². The normalized spacial score (nSPS) is 11.7. The Bertz CT molecular complexity index is 927. The molecular formula is C26H37Cl2NO6S. The topological polar surface area (TPSA) is 86.3 Å². The van der Waals surface area contributed by atoms with E-state index in [2.05, 4.69) is 11.6 Å². The van der Waals surface area contributed by atoms with Gasteiger partial charge in [-0.15, -0.1) is 0 Å². The molecule has 2 aromatic carbocycles. The summed E-state index contributed by atoms with van der Waals surface area (Å²) < 4.78 is 37.5. The van der Waals surface area contributed by atoms with Gasteiger partial charge < -0.3 is 23.5 Å². The summed E-state index contributed by atoms with van der Waals surface area (Å²) in [4.78, 5) is 0. The lowest BCUT2D eigenvalue weighted by atomic mass is 10.1. The first kappa shape index (κ1) is 30.2. The van der Waals surface area contributed by atoms with Gasteiger partial charge in [0.15, 0.2) is 17.2 Å². The molecule has 0 aliphatic heterocycles. The van der Waals surface area contributed by atoms with Crippen molar-refractivity contribution in [2.75, 3.05) is 25.5 Å². The zero-order chi connectivity index (χ0) is 26.3. The average Bonchev–Trinajstić information content (AvgIpc) is 2.86. The number of aromatic hydroxyl groups is 1. The molecule has 0 heterocycles. The maximum atomic E-state index is 12.6.